The van der Waals surface area contributed by atoms with Gasteiger partial charge in [0.2, 0.25) is 0 Å². The smallest absolute Gasteiger partial charge is 0.309 e. The van der Waals surface area contributed by atoms with Crippen LogP contribution in [0.5, 0.6) is 0 Å². The normalized spacial score (nSPS) is 14.1. The van der Waals surface area contributed by atoms with Crippen LogP contribution in [0.2, 0.25) is 0 Å². The standard InChI is InChI=1S/C20H20FN3O6/c21-15-5-3-13(4-6-15)19(27)24-9-7-14(8-10-24)20(28)30-12-17(25)22-23-18(26)16-2-1-11-29-16/h1-6,11,14H,7-10,12H2,(H,22,25)(H,23,26). The molecule has 0 unspecified atom stereocenters. The number of hydrogen-bond acceptors (Lipinski definition) is 6. The number of carbonyl (C=O) groups excluding carboxylic acids is 4. The zero-order valence-electron chi connectivity index (χ0n) is 15.9. The molecule has 3 amide bonds. The summed E-state index contributed by atoms with van der Waals surface area (Å²) in [7, 11) is 0. The zero-order chi connectivity index (χ0) is 21.5. The van der Waals surface area contributed by atoms with Crippen molar-refractivity contribution in [2.24, 2.45) is 5.92 Å². The van der Waals surface area contributed by atoms with Gasteiger partial charge in [-0.05, 0) is 49.2 Å². The summed E-state index contributed by atoms with van der Waals surface area (Å²) in [4.78, 5) is 49.5. The Kier molecular flexibility index (Phi) is 6.79. The summed E-state index contributed by atoms with van der Waals surface area (Å²) >= 11 is 0. The van der Waals surface area contributed by atoms with Gasteiger partial charge < -0.3 is 14.1 Å². The number of piperidine rings is 1. The monoisotopic (exact) mass is 417 g/mol. The number of furan rings is 1. The molecule has 1 aromatic heterocycles. The van der Waals surface area contributed by atoms with Gasteiger partial charge in [0, 0.05) is 18.7 Å². The number of nitrogens with one attached hydrogen (secondary N) is 2. The molecular weight excluding hydrogens is 397 g/mol. The molecule has 0 spiro atoms. The number of rotatable bonds is 5. The minimum absolute atomic E-state index is 0.0224. The number of ether oxygens (including phenoxy) is 1. The number of hydrazine groups is 1. The van der Waals surface area contributed by atoms with E-state index in [4.69, 9.17) is 9.15 Å². The first-order valence-corrected chi connectivity index (χ1v) is 9.28. The molecule has 3 rings (SSSR count). The fourth-order valence-electron chi connectivity index (χ4n) is 2.98. The molecule has 1 aliphatic rings. The summed E-state index contributed by atoms with van der Waals surface area (Å²) in [6.07, 6.45) is 2.10. The van der Waals surface area contributed by atoms with E-state index in [1.165, 1.54) is 42.7 Å². The highest BCUT2D eigenvalue weighted by atomic mass is 19.1. The molecule has 0 bridgehead atoms. The largest absolute Gasteiger partial charge is 0.459 e. The second-order valence-corrected chi connectivity index (χ2v) is 6.66. The lowest BCUT2D eigenvalue weighted by Gasteiger charge is -2.31. The van der Waals surface area contributed by atoms with E-state index in [0.29, 0.717) is 31.5 Å². The molecule has 30 heavy (non-hydrogen) atoms. The van der Waals surface area contributed by atoms with Crippen LogP contribution in [-0.2, 0) is 14.3 Å². The lowest BCUT2D eigenvalue weighted by atomic mass is 9.96. The van der Waals surface area contributed by atoms with Gasteiger partial charge in [-0.3, -0.25) is 30.0 Å². The fraction of sp³-hybridized carbons (Fsp3) is 0.300. The first kappa shape index (κ1) is 21.0. The van der Waals surface area contributed by atoms with Crippen LogP contribution in [0.15, 0.2) is 47.1 Å². The Morgan fingerprint density at radius 2 is 1.77 bits per heavy atom. The average molecular weight is 417 g/mol. The quantitative estimate of drug-likeness (QED) is 0.559. The number of benzene rings is 1. The van der Waals surface area contributed by atoms with Crippen LogP contribution >= 0.6 is 0 Å². The lowest BCUT2D eigenvalue weighted by Crippen LogP contribution is -2.44. The van der Waals surface area contributed by atoms with Crippen molar-refractivity contribution in [1.82, 2.24) is 15.8 Å². The summed E-state index contributed by atoms with van der Waals surface area (Å²) in [6, 6.07) is 8.23. The van der Waals surface area contributed by atoms with Crippen molar-refractivity contribution in [2.45, 2.75) is 12.8 Å². The molecule has 2 aromatic rings. The molecule has 10 heteroatoms. The number of esters is 1. The van der Waals surface area contributed by atoms with Crippen LogP contribution in [-0.4, -0.2) is 48.3 Å². The Bertz CT molecular complexity index is 905. The lowest BCUT2D eigenvalue weighted by molar-refractivity contribution is -0.154. The van der Waals surface area contributed by atoms with Crippen LogP contribution in [0, 0.1) is 11.7 Å². The minimum Gasteiger partial charge on any atom is -0.459 e. The molecule has 0 atom stereocenters. The Labute approximate surface area is 171 Å². The van der Waals surface area contributed by atoms with Gasteiger partial charge in [-0.2, -0.15) is 0 Å². The van der Waals surface area contributed by atoms with E-state index in [2.05, 4.69) is 10.9 Å². The van der Waals surface area contributed by atoms with Crippen molar-refractivity contribution in [1.29, 1.82) is 0 Å². The summed E-state index contributed by atoms with van der Waals surface area (Å²) in [6.45, 7) is 0.148. The van der Waals surface area contributed by atoms with E-state index < -0.39 is 36.1 Å². The molecule has 2 heterocycles. The van der Waals surface area contributed by atoms with Crippen molar-refractivity contribution < 1.29 is 32.7 Å². The molecule has 158 valence electrons. The van der Waals surface area contributed by atoms with Crippen molar-refractivity contribution in [3.8, 4) is 0 Å². The van der Waals surface area contributed by atoms with Crippen molar-refractivity contribution in [2.75, 3.05) is 19.7 Å². The maximum Gasteiger partial charge on any atom is 0.309 e. The molecular formula is C20H20FN3O6. The molecule has 2 N–H and O–H groups in total. The first-order valence-electron chi connectivity index (χ1n) is 9.28. The van der Waals surface area contributed by atoms with Crippen LogP contribution in [0.1, 0.15) is 33.8 Å². The molecule has 0 radical (unpaired) electrons. The van der Waals surface area contributed by atoms with Crippen LogP contribution in [0.3, 0.4) is 0 Å². The Morgan fingerprint density at radius 3 is 2.40 bits per heavy atom. The number of halogens is 1. The molecule has 9 nitrogen and oxygen atoms in total. The van der Waals surface area contributed by atoms with E-state index in [1.54, 1.807) is 4.90 Å². The molecule has 0 saturated carbocycles. The van der Waals surface area contributed by atoms with E-state index in [9.17, 15) is 23.6 Å². The maximum atomic E-state index is 13.0. The predicted molar refractivity (Wildman–Crippen MR) is 100 cm³/mol. The third-order valence-electron chi connectivity index (χ3n) is 4.61. The summed E-state index contributed by atoms with van der Waals surface area (Å²) < 4.78 is 22.8. The number of nitrogens with zero attached hydrogens (tertiary/aromatic N) is 1. The van der Waals surface area contributed by atoms with Crippen molar-refractivity contribution in [3.05, 3.63) is 59.8 Å². The fourth-order valence-corrected chi connectivity index (χ4v) is 2.98. The van der Waals surface area contributed by atoms with Gasteiger partial charge in [-0.25, -0.2) is 4.39 Å². The first-order chi connectivity index (χ1) is 14.4. The van der Waals surface area contributed by atoms with Crippen LogP contribution < -0.4 is 10.9 Å². The Hall–Kier alpha value is -3.69. The van der Waals surface area contributed by atoms with Crippen LogP contribution in [0.25, 0.3) is 0 Å². The van der Waals surface area contributed by atoms with E-state index >= 15 is 0 Å². The Balaban J connectivity index is 1.37. The van der Waals surface area contributed by atoms with Gasteiger partial charge in [0.05, 0.1) is 12.2 Å². The maximum absolute atomic E-state index is 13.0. The van der Waals surface area contributed by atoms with Crippen molar-refractivity contribution >= 4 is 23.7 Å². The topological polar surface area (TPSA) is 118 Å². The van der Waals surface area contributed by atoms with Gasteiger partial charge in [0.25, 0.3) is 11.8 Å². The zero-order valence-corrected chi connectivity index (χ0v) is 15.9. The van der Waals surface area contributed by atoms with Gasteiger partial charge in [-0.15, -0.1) is 0 Å². The SMILES string of the molecule is O=C(COC(=O)C1CCN(C(=O)c2ccc(F)cc2)CC1)NNC(=O)c1ccco1. The van der Waals surface area contributed by atoms with Gasteiger partial charge in [-0.1, -0.05) is 0 Å². The number of carbonyl (C=O) groups is 4. The minimum atomic E-state index is -0.702. The highest BCUT2D eigenvalue weighted by Crippen LogP contribution is 2.20. The van der Waals surface area contributed by atoms with Crippen LogP contribution in [0.4, 0.5) is 4.39 Å². The molecule has 1 aromatic carbocycles. The third kappa shape index (κ3) is 5.43. The predicted octanol–water partition coefficient (Wildman–Crippen LogP) is 1.28. The second kappa shape index (κ2) is 9.68. The second-order valence-electron chi connectivity index (χ2n) is 6.66. The average Bonchev–Trinajstić information content (AvgIpc) is 3.31. The van der Waals surface area contributed by atoms with Crippen molar-refractivity contribution in [3.63, 3.8) is 0 Å². The van der Waals surface area contributed by atoms with E-state index in [-0.39, 0.29) is 11.7 Å². The highest BCUT2D eigenvalue weighted by molar-refractivity contribution is 5.94. The summed E-state index contributed by atoms with van der Waals surface area (Å²) in [5.41, 5.74) is 4.63. The van der Waals surface area contributed by atoms with E-state index in [1.807, 2.05) is 0 Å². The Morgan fingerprint density at radius 1 is 1.07 bits per heavy atom. The molecule has 0 aliphatic carbocycles. The van der Waals surface area contributed by atoms with Gasteiger partial charge >= 0.3 is 11.9 Å². The summed E-state index contributed by atoms with van der Waals surface area (Å²) in [5, 5.41) is 0. The molecule has 1 fully saturated rings. The van der Waals surface area contributed by atoms with Gasteiger partial charge in [0.1, 0.15) is 5.82 Å². The number of hydrogen-bond donors (Lipinski definition) is 2. The number of likely N-dealkylation sites (tertiary alicyclic amines) is 1. The van der Waals surface area contributed by atoms with E-state index in [0.717, 1.165) is 0 Å². The highest BCUT2D eigenvalue weighted by Gasteiger charge is 2.29. The van der Waals surface area contributed by atoms with Gasteiger partial charge in [0.15, 0.2) is 12.4 Å². The molecule has 1 saturated heterocycles. The number of amides is 3. The summed E-state index contributed by atoms with van der Waals surface area (Å²) in [5.74, 6) is -2.95. The molecule has 1 aliphatic heterocycles. The third-order valence-corrected chi connectivity index (χ3v) is 4.61.